The van der Waals surface area contributed by atoms with Gasteiger partial charge in [0.2, 0.25) is 0 Å². The van der Waals surface area contributed by atoms with Gasteiger partial charge in [-0.2, -0.15) is 5.10 Å². The summed E-state index contributed by atoms with van der Waals surface area (Å²) in [7, 11) is 0. The first-order valence-electron chi connectivity index (χ1n) is 10.3. The van der Waals surface area contributed by atoms with E-state index in [-0.39, 0.29) is 18.3 Å². The van der Waals surface area contributed by atoms with E-state index >= 15 is 0 Å². The Morgan fingerprint density at radius 1 is 1.13 bits per heavy atom. The van der Waals surface area contributed by atoms with Gasteiger partial charge in [0, 0.05) is 12.0 Å². The second-order valence-electron chi connectivity index (χ2n) is 7.87. The molecular weight excluding hydrogens is 414 g/mol. The van der Waals surface area contributed by atoms with Crippen molar-refractivity contribution in [1.29, 1.82) is 0 Å². The van der Waals surface area contributed by atoms with Gasteiger partial charge in [0.1, 0.15) is 30.5 Å². The summed E-state index contributed by atoms with van der Waals surface area (Å²) in [6.45, 7) is 4.56. The van der Waals surface area contributed by atoms with Crippen LogP contribution in [0.3, 0.4) is 0 Å². The van der Waals surface area contributed by atoms with Crippen molar-refractivity contribution < 1.29 is 31.9 Å². The van der Waals surface area contributed by atoms with Crippen molar-refractivity contribution in [3.8, 4) is 17.0 Å². The van der Waals surface area contributed by atoms with Crippen molar-refractivity contribution >= 4 is 5.97 Å². The second kappa shape index (κ2) is 10.4. The van der Waals surface area contributed by atoms with E-state index in [9.17, 15) is 4.79 Å². The molecule has 6 nitrogen and oxygen atoms in total. The molecule has 0 bridgehead atoms. The SMILES string of the molecule is CC(C[NH+]1CCc2cc(-c3ccc(OCc4ccccc4)cc3)nnc2C1)C(=O)O.[Cl-]. The summed E-state index contributed by atoms with van der Waals surface area (Å²) in [6, 6.07) is 20.1. The van der Waals surface area contributed by atoms with E-state index < -0.39 is 5.97 Å². The zero-order chi connectivity index (χ0) is 20.9. The summed E-state index contributed by atoms with van der Waals surface area (Å²) in [5.74, 6) is -0.275. The molecule has 31 heavy (non-hydrogen) atoms. The maximum atomic E-state index is 11.1. The van der Waals surface area contributed by atoms with Crippen LogP contribution in [-0.2, 0) is 24.4 Å². The third-order valence-electron chi connectivity index (χ3n) is 5.54. The van der Waals surface area contributed by atoms with E-state index in [1.807, 2.05) is 54.6 Å². The quantitative estimate of drug-likeness (QED) is 0.513. The Morgan fingerprint density at radius 2 is 1.87 bits per heavy atom. The van der Waals surface area contributed by atoms with Crippen LogP contribution in [0.1, 0.15) is 23.7 Å². The highest BCUT2D eigenvalue weighted by Gasteiger charge is 2.25. The Bertz CT molecular complexity index is 1010. The van der Waals surface area contributed by atoms with Crippen molar-refractivity contribution in [2.75, 3.05) is 13.1 Å². The van der Waals surface area contributed by atoms with Crippen LogP contribution in [0.4, 0.5) is 0 Å². The molecule has 2 unspecified atom stereocenters. The highest BCUT2D eigenvalue weighted by atomic mass is 35.5. The summed E-state index contributed by atoms with van der Waals surface area (Å²) in [6.07, 6.45) is 0.887. The maximum Gasteiger partial charge on any atom is 0.311 e. The highest BCUT2D eigenvalue weighted by molar-refractivity contribution is 5.69. The zero-order valence-corrected chi connectivity index (χ0v) is 18.2. The molecule has 2 aromatic carbocycles. The standard InChI is InChI=1S/C24H25N3O3.ClH/c1-17(24(28)29)14-27-12-11-20-13-22(25-26-23(20)15-27)19-7-9-21(10-8-19)30-16-18-5-3-2-4-6-18;/h2-10,13,17H,11-12,14-16H2,1H3,(H,28,29);1H. The van der Waals surface area contributed by atoms with Gasteiger partial charge in [-0.15, -0.1) is 5.10 Å². The molecule has 2 heterocycles. The van der Waals surface area contributed by atoms with Crippen molar-refractivity contribution in [1.82, 2.24) is 10.2 Å². The van der Waals surface area contributed by atoms with Gasteiger partial charge >= 0.3 is 5.97 Å². The van der Waals surface area contributed by atoms with Crippen molar-refractivity contribution in [3.05, 3.63) is 77.5 Å². The Labute approximate surface area is 188 Å². The average Bonchev–Trinajstić information content (AvgIpc) is 2.78. The largest absolute Gasteiger partial charge is 1.00 e. The summed E-state index contributed by atoms with van der Waals surface area (Å²) in [4.78, 5) is 12.4. The number of fused-ring (bicyclic) bond motifs is 1. The zero-order valence-electron chi connectivity index (χ0n) is 17.4. The normalized spacial score (nSPS) is 16.0. The third-order valence-corrected chi connectivity index (χ3v) is 5.54. The molecule has 0 saturated carbocycles. The molecule has 0 fully saturated rings. The van der Waals surface area contributed by atoms with Gasteiger partial charge in [0.05, 0.1) is 18.8 Å². The van der Waals surface area contributed by atoms with Gasteiger partial charge in [-0.25, -0.2) is 0 Å². The monoisotopic (exact) mass is 439 g/mol. The van der Waals surface area contributed by atoms with E-state index in [2.05, 4.69) is 16.3 Å². The highest BCUT2D eigenvalue weighted by Crippen LogP contribution is 2.23. The van der Waals surface area contributed by atoms with Crippen LogP contribution in [0.25, 0.3) is 11.3 Å². The molecule has 3 aromatic rings. The third kappa shape index (κ3) is 5.81. The van der Waals surface area contributed by atoms with Gasteiger partial charge < -0.3 is 27.2 Å². The molecule has 0 spiro atoms. The van der Waals surface area contributed by atoms with Crippen molar-refractivity contribution in [2.45, 2.75) is 26.5 Å². The van der Waals surface area contributed by atoms with Crippen LogP contribution in [0.2, 0.25) is 0 Å². The lowest BCUT2D eigenvalue weighted by Gasteiger charge is -2.26. The van der Waals surface area contributed by atoms with Crippen LogP contribution >= 0.6 is 0 Å². The minimum absolute atomic E-state index is 0. The lowest BCUT2D eigenvalue weighted by Crippen LogP contribution is -3.12. The average molecular weight is 440 g/mol. The number of halogens is 1. The van der Waals surface area contributed by atoms with E-state index in [1.165, 1.54) is 10.5 Å². The lowest BCUT2D eigenvalue weighted by molar-refractivity contribution is -0.918. The van der Waals surface area contributed by atoms with Crippen LogP contribution in [-0.4, -0.2) is 34.4 Å². The second-order valence-corrected chi connectivity index (χ2v) is 7.87. The minimum atomic E-state index is -0.745. The fraction of sp³-hybridized carbons (Fsp3) is 0.292. The van der Waals surface area contributed by atoms with Crippen LogP contribution in [0.15, 0.2) is 60.7 Å². The summed E-state index contributed by atoms with van der Waals surface area (Å²) in [5.41, 5.74) is 5.17. The number of carbonyl (C=O) groups is 1. The lowest BCUT2D eigenvalue weighted by atomic mass is 10.0. The number of nitrogens with zero attached hydrogens (tertiary/aromatic N) is 2. The molecule has 2 N–H and O–H groups in total. The van der Waals surface area contributed by atoms with E-state index in [1.54, 1.807) is 6.92 Å². The Kier molecular flexibility index (Phi) is 7.60. The molecular formula is C24H26ClN3O3. The van der Waals surface area contributed by atoms with Crippen LogP contribution in [0.5, 0.6) is 5.75 Å². The molecule has 1 aliphatic rings. The molecule has 162 valence electrons. The van der Waals surface area contributed by atoms with E-state index in [0.717, 1.165) is 47.8 Å². The number of nitrogens with one attached hydrogen (secondary N) is 1. The topological polar surface area (TPSA) is 76.8 Å². The van der Waals surface area contributed by atoms with Crippen molar-refractivity contribution in [3.63, 3.8) is 0 Å². The molecule has 1 aromatic heterocycles. The first-order valence-corrected chi connectivity index (χ1v) is 10.3. The molecule has 0 radical (unpaired) electrons. The first kappa shape index (κ1) is 22.7. The minimum Gasteiger partial charge on any atom is -1.00 e. The van der Waals surface area contributed by atoms with Gasteiger partial charge in [-0.1, -0.05) is 30.3 Å². The first-order chi connectivity index (χ1) is 14.6. The predicted octanol–water partition coefficient (Wildman–Crippen LogP) is -0.612. The number of carboxylic acids is 1. The molecule has 4 rings (SSSR count). The van der Waals surface area contributed by atoms with E-state index in [4.69, 9.17) is 9.84 Å². The Morgan fingerprint density at radius 3 is 2.58 bits per heavy atom. The molecule has 0 saturated heterocycles. The smallest absolute Gasteiger partial charge is 0.311 e. The number of quaternary nitrogens is 1. The van der Waals surface area contributed by atoms with Gasteiger partial charge in [-0.05, 0) is 48.4 Å². The number of ether oxygens (including phenoxy) is 1. The molecule has 7 heteroatoms. The number of rotatable bonds is 7. The van der Waals surface area contributed by atoms with Crippen LogP contribution < -0.4 is 22.0 Å². The van der Waals surface area contributed by atoms with Crippen LogP contribution in [0, 0.1) is 5.92 Å². The Balaban J connectivity index is 0.00000272. The molecule has 1 aliphatic heterocycles. The summed E-state index contributed by atoms with van der Waals surface area (Å²) >= 11 is 0. The predicted molar refractivity (Wildman–Crippen MR) is 113 cm³/mol. The molecule has 0 amide bonds. The van der Waals surface area contributed by atoms with Gasteiger partial charge in [0.25, 0.3) is 0 Å². The van der Waals surface area contributed by atoms with Gasteiger partial charge in [-0.3, -0.25) is 4.79 Å². The number of hydrogen-bond acceptors (Lipinski definition) is 4. The summed E-state index contributed by atoms with van der Waals surface area (Å²) in [5, 5.41) is 18.0. The fourth-order valence-corrected chi connectivity index (χ4v) is 3.76. The molecule has 2 atom stereocenters. The maximum absolute atomic E-state index is 11.1. The number of hydrogen-bond donors (Lipinski definition) is 2. The van der Waals surface area contributed by atoms with Crippen molar-refractivity contribution in [2.24, 2.45) is 5.92 Å². The number of aromatic nitrogens is 2. The molecule has 0 aliphatic carbocycles. The number of benzene rings is 2. The van der Waals surface area contributed by atoms with E-state index in [0.29, 0.717) is 13.2 Å². The fourth-order valence-electron chi connectivity index (χ4n) is 3.76. The Hall–Kier alpha value is -2.96. The number of carboxylic acid groups (broad SMARTS) is 1. The number of aliphatic carboxylic acids is 1. The summed E-state index contributed by atoms with van der Waals surface area (Å²) < 4.78 is 5.85. The van der Waals surface area contributed by atoms with Gasteiger partial charge in [0.15, 0.2) is 0 Å².